The van der Waals surface area contributed by atoms with Crippen LogP contribution in [0.25, 0.3) is 0 Å². The number of piperazine rings is 1. The summed E-state index contributed by atoms with van der Waals surface area (Å²) < 4.78 is 0. The van der Waals surface area contributed by atoms with Gasteiger partial charge in [0.2, 0.25) is 11.8 Å². The third-order valence-corrected chi connectivity index (χ3v) is 2.99. The van der Waals surface area contributed by atoms with Crippen LogP contribution in [-0.2, 0) is 9.59 Å². The zero-order valence-electron chi connectivity index (χ0n) is 10.0. The predicted molar refractivity (Wildman–Crippen MR) is 63.0 cm³/mol. The van der Waals surface area contributed by atoms with Gasteiger partial charge in [0, 0.05) is 12.1 Å². The molecular weight excluding hydrogens is 228 g/mol. The van der Waals surface area contributed by atoms with E-state index < -0.39 is 11.1 Å². The Balaban J connectivity index is 3.07. The van der Waals surface area contributed by atoms with Gasteiger partial charge in [0.05, 0.1) is 0 Å². The van der Waals surface area contributed by atoms with Gasteiger partial charge in [-0.2, -0.15) is 0 Å². The van der Waals surface area contributed by atoms with Crippen LogP contribution in [0.15, 0.2) is 11.6 Å². The van der Waals surface area contributed by atoms with Gasteiger partial charge in [-0.3, -0.25) is 9.59 Å². The lowest BCUT2D eigenvalue weighted by Crippen LogP contribution is -2.72. The average Bonchev–Trinajstić information content (AvgIpc) is 2.15. The van der Waals surface area contributed by atoms with E-state index in [0.29, 0.717) is 6.54 Å². The van der Waals surface area contributed by atoms with Gasteiger partial charge in [-0.25, -0.2) is 0 Å². The molecule has 0 bridgehead atoms. The van der Waals surface area contributed by atoms with Crippen molar-refractivity contribution >= 4 is 23.4 Å². The van der Waals surface area contributed by atoms with Gasteiger partial charge in [0.1, 0.15) is 11.1 Å². The predicted octanol–water partition coefficient (Wildman–Crippen LogP) is 1.25. The number of carbonyl (C=O) groups is 2. The maximum Gasteiger partial charge on any atom is 0.248 e. The monoisotopic (exact) mass is 244 g/mol. The fourth-order valence-corrected chi connectivity index (χ4v) is 1.74. The molecule has 0 aromatic heterocycles. The number of nitrogens with zero attached hydrogens (tertiary/aromatic N) is 1. The summed E-state index contributed by atoms with van der Waals surface area (Å²) in [7, 11) is 0. The zero-order chi connectivity index (χ0) is 12.6. The number of nitrogens with one attached hydrogen (secondary N) is 1. The van der Waals surface area contributed by atoms with E-state index in [4.69, 9.17) is 11.6 Å². The fourth-order valence-electron chi connectivity index (χ4n) is 1.66. The van der Waals surface area contributed by atoms with Gasteiger partial charge in [-0.1, -0.05) is 17.7 Å². The maximum absolute atomic E-state index is 12.1. The molecule has 1 rings (SSSR count). The van der Waals surface area contributed by atoms with Crippen LogP contribution in [0, 0.1) is 0 Å². The quantitative estimate of drug-likeness (QED) is 0.795. The Kier molecular flexibility index (Phi) is 3.33. The van der Waals surface area contributed by atoms with Crippen molar-refractivity contribution in [2.24, 2.45) is 0 Å². The SMILES string of the molecule is CC1(C)NC(=O)C(C)(C)N(C/C=C/Cl)C1=O. The molecule has 1 aliphatic rings. The van der Waals surface area contributed by atoms with Crippen LogP contribution in [0.2, 0.25) is 0 Å². The zero-order valence-corrected chi connectivity index (χ0v) is 10.8. The van der Waals surface area contributed by atoms with Crippen molar-refractivity contribution in [3.63, 3.8) is 0 Å². The Hall–Kier alpha value is -1.03. The molecule has 0 spiro atoms. The minimum Gasteiger partial charge on any atom is -0.340 e. The summed E-state index contributed by atoms with van der Waals surface area (Å²) in [6, 6.07) is 0. The van der Waals surface area contributed by atoms with Crippen molar-refractivity contribution in [1.82, 2.24) is 10.2 Å². The van der Waals surface area contributed by atoms with Crippen LogP contribution in [0.5, 0.6) is 0 Å². The van der Waals surface area contributed by atoms with E-state index >= 15 is 0 Å². The lowest BCUT2D eigenvalue weighted by Gasteiger charge is -2.47. The van der Waals surface area contributed by atoms with Crippen LogP contribution in [0.4, 0.5) is 0 Å². The van der Waals surface area contributed by atoms with Crippen molar-refractivity contribution < 1.29 is 9.59 Å². The van der Waals surface area contributed by atoms with Gasteiger partial charge >= 0.3 is 0 Å². The molecule has 5 heteroatoms. The number of hydrogen-bond donors (Lipinski definition) is 1. The summed E-state index contributed by atoms with van der Waals surface area (Å²) in [5.41, 5.74) is -0.349. The average molecular weight is 245 g/mol. The van der Waals surface area contributed by atoms with E-state index in [1.54, 1.807) is 33.8 Å². The summed E-state index contributed by atoms with van der Waals surface area (Å²) in [6.45, 7) is 7.17. The van der Waals surface area contributed by atoms with Crippen LogP contribution < -0.4 is 5.32 Å². The van der Waals surface area contributed by atoms with Crippen LogP contribution in [0.3, 0.4) is 0 Å². The molecule has 0 unspecified atom stereocenters. The molecule has 1 fully saturated rings. The fraction of sp³-hybridized carbons (Fsp3) is 0.636. The van der Waals surface area contributed by atoms with Crippen LogP contribution in [0.1, 0.15) is 27.7 Å². The first-order valence-corrected chi connectivity index (χ1v) is 5.57. The number of hydrogen-bond acceptors (Lipinski definition) is 2. The van der Waals surface area contributed by atoms with E-state index in [1.165, 1.54) is 10.4 Å². The second kappa shape index (κ2) is 4.09. The van der Waals surface area contributed by atoms with E-state index in [0.717, 1.165) is 0 Å². The minimum absolute atomic E-state index is 0.105. The Morgan fingerprint density at radius 3 is 2.38 bits per heavy atom. The molecule has 1 aliphatic heterocycles. The van der Waals surface area contributed by atoms with E-state index in [9.17, 15) is 9.59 Å². The van der Waals surface area contributed by atoms with E-state index in [-0.39, 0.29) is 11.8 Å². The van der Waals surface area contributed by atoms with Gasteiger partial charge in [0.15, 0.2) is 0 Å². The molecule has 0 aliphatic carbocycles. The van der Waals surface area contributed by atoms with E-state index in [2.05, 4.69) is 5.32 Å². The molecule has 1 saturated heterocycles. The highest BCUT2D eigenvalue weighted by molar-refractivity contribution is 6.25. The normalized spacial score (nSPS) is 23.7. The second-order valence-electron chi connectivity index (χ2n) is 4.92. The second-order valence-corrected chi connectivity index (χ2v) is 5.17. The van der Waals surface area contributed by atoms with E-state index in [1.807, 2.05) is 0 Å². The highest BCUT2D eigenvalue weighted by Gasteiger charge is 2.49. The van der Waals surface area contributed by atoms with Gasteiger partial charge in [0.25, 0.3) is 0 Å². The number of carbonyl (C=O) groups excluding carboxylic acids is 2. The number of rotatable bonds is 2. The summed E-state index contributed by atoms with van der Waals surface area (Å²) >= 11 is 5.45. The van der Waals surface area contributed by atoms with Crippen molar-refractivity contribution in [3.05, 3.63) is 11.6 Å². The number of halogens is 1. The molecule has 1 N–H and O–H groups in total. The molecule has 1 heterocycles. The molecule has 2 amide bonds. The van der Waals surface area contributed by atoms with Crippen molar-refractivity contribution in [1.29, 1.82) is 0 Å². The highest BCUT2D eigenvalue weighted by Crippen LogP contribution is 2.25. The Labute approximate surface area is 101 Å². The molecule has 0 radical (unpaired) electrons. The smallest absolute Gasteiger partial charge is 0.248 e. The molecular formula is C11H17ClN2O2. The molecule has 16 heavy (non-hydrogen) atoms. The van der Waals surface area contributed by atoms with Gasteiger partial charge in [-0.15, -0.1) is 0 Å². The standard InChI is InChI=1S/C11H17ClN2O2/c1-10(2)9(16)14(7-5-6-12)11(3,4)8(15)13-10/h5-6H,7H2,1-4H3,(H,13,15)/b6-5+. The summed E-state index contributed by atoms with van der Waals surface area (Å²) in [4.78, 5) is 25.6. The summed E-state index contributed by atoms with van der Waals surface area (Å²) in [6.07, 6.45) is 1.65. The van der Waals surface area contributed by atoms with Gasteiger partial charge < -0.3 is 10.2 Å². The van der Waals surface area contributed by atoms with Crippen LogP contribution >= 0.6 is 11.6 Å². The Morgan fingerprint density at radius 2 is 1.88 bits per heavy atom. The first-order valence-electron chi connectivity index (χ1n) is 5.13. The van der Waals surface area contributed by atoms with Crippen molar-refractivity contribution in [2.75, 3.05) is 6.54 Å². The van der Waals surface area contributed by atoms with Crippen molar-refractivity contribution in [2.45, 2.75) is 38.8 Å². The maximum atomic E-state index is 12.1. The van der Waals surface area contributed by atoms with Crippen LogP contribution in [-0.4, -0.2) is 34.3 Å². The first-order chi connectivity index (χ1) is 7.23. The number of amides is 2. The lowest BCUT2D eigenvalue weighted by molar-refractivity contribution is -0.158. The minimum atomic E-state index is -0.854. The largest absolute Gasteiger partial charge is 0.340 e. The lowest BCUT2D eigenvalue weighted by atomic mass is 9.90. The highest BCUT2D eigenvalue weighted by atomic mass is 35.5. The first kappa shape index (κ1) is 13.0. The Morgan fingerprint density at radius 1 is 1.31 bits per heavy atom. The summed E-state index contributed by atoms with van der Waals surface area (Å²) in [5.74, 6) is -0.257. The third-order valence-electron chi connectivity index (χ3n) is 2.81. The molecule has 0 aromatic carbocycles. The van der Waals surface area contributed by atoms with Crippen molar-refractivity contribution in [3.8, 4) is 0 Å². The third kappa shape index (κ3) is 2.07. The topological polar surface area (TPSA) is 49.4 Å². The Bertz CT molecular complexity index is 348. The molecule has 0 saturated carbocycles. The molecule has 0 aromatic rings. The summed E-state index contributed by atoms with van der Waals surface area (Å²) in [5, 5.41) is 2.71. The molecule has 90 valence electrons. The molecule has 0 atom stereocenters. The molecule has 4 nitrogen and oxygen atoms in total. The van der Waals surface area contributed by atoms with Gasteiger partial charge in [-0.05, 0) is 27.7 Å².